The Hall–Kier alpha value is -3.52. The van der Waals surface area contributed by atoms with Crippen LogP contribution in [0.4, 0.5) is 10.8 Å². The first-order chi connectivity index (χ1) is 14.0. The Balaban J connectivity index is 1.50. The van der Waals surface area contributed by atoms with Crippen LogP contribution in [0.5, 0.6) is 0 Å². The van der Waals surface area contributed by atoms with E-state index in [1.165, 1.54) is 16.2 Å². The number of nitrogens with one attached hydrogen (secondary N) is 2. The van der Waals surface area contributed by atoms with Gasteiger partial charge in [0.2, 0.25) is 11.8 Å². The number of thiazole rings is 1. The van der Waals surface area contributed by atoms with Gasteiger partial charge in [0, 0.05) is 23.7 Å². The predicted molar refractivity (Wildman–Crippen MR) is 113 cm³/mol. The third kappa shape index (κ3) is 5.98. The number of carbonyl (C=O) groups excluding carboxylic acids is 3. The molecule has 3 amide bonds. The van der Waals surface area contributed by atoms with Gasteiger partial charge in [0.05, 0.1) is 18.7 Å². The number of rotatable bonds is 7. The Kier molecular flexibility index (Phi) is 6.70. The van der Waals surface area contributed by atoms with Gasteiger partial charge in [-0.1, -0.05) is 36.4 Å². The van der Waals surface area contributed by atoms with Crippen molar-refractivity contribution in [2.45, 2.75) is 6.42 Å². The average molecular weight is 408 g/mol. The molecule has 0 unspecified atom stereocenters. The Morgan fingerprint density at radius 3 is 2.31 bits per heavy atom. The highest BCUT2D eigenvalue weighted by atomic mass is 32.1. The Morgan fingerprint density at radius 2 is 1.62 bits per heavy atom. The van der Waals surface area contributed by atoms with E-state index in [2.05, 4.69) is 15.6 Å². The second-order valence-corrected chi connectivity index (χ2v) is 7.16. The largest absolute Gasteiger partial charge is 0.336 e. The van der Waals surface area contributed by atoms with Crippen LogP contribution in [0.1, 0.15) is 16.1 Å². The number of anilines is 2. The lowest BCUT2D eigenvalue weighted by molar-refractivity contribution is -0.132. The van der Waals surface area contributed by atoms with Crippen LogP contribution in [0.25, 0.3) is 0 Å². The molecule has 0 saturated carbocycles. The van der Waals surface area contributed by atoms with Crippen molar-refractivity contribution in [1.82, 2.24) is 9.88 Å². The van der Waals surface area contributed by atoms with E-state index in [-0.39, 0.29) is 30.7 Å². The van der Waals surface area contributed by atoms with Crippen molar-refractivity contribution < 1.29 is 14.4 Å². The van der Waals surface area contributed by atoms with Gasteiger partial charge in [-0.25, -0.2) is 4.98 Å². The summed E-state index contributed by atoms with van der Waals surface area (Å²) in [6, 6.07) is 17.9. The van der Waals surface area contributed by atoms with E-state index in [9.17, 15) is 14.4 Å². The zero-order valence-corrected chi connectivity index (χ0v) is 16.6. The molecule has 0 atom stereocenters. The highest BCUT2D eigenvalue weighted by Gasteiger charge is 2.16. The summed E-state index contributed by atoms with van der Waals surface area (Å²) in [6.45, 7) is -0.0601. The van der Waals surface area contributed by atoms with Gasteiger partial charge in [0.1, 0.15) is 0 Å². The van der Waals surface area contributed by atoms with Crippen LogP contribution >= 0.6 is 11.3 Å². The van der Waals surface area contributed by atoms with Gasteiger partial charge >= 0.3 is 0 Å². The maximum Gasteiger partial charge on any atom is 0.257 e. The van der Waals surface area contributed by atoms with E-state index in [1.807, 2.05) is 24.3 Å². The fourth-order valence-corrected chi connectivity index (χ4v) is 3.23. The summed E-state index contributed by atoms with van der Waals surface area (Å²) in [7, 11) is 1.57. The lowest BCUT2D eigenvalue weighted by atomic mass is 10.2. The van der Waals surface area contributed by atoms with Crippen molar-refractivity contribution in [3.8, 4) is 0 Å². The summed E-state index contributed by atoms with van der Waals surface area (Å²) in [5.74, 6) is -0.770. The first-order valence-electron chi connectivity index (χ1n) is 8.91. The third-order valence-corrected chi connectivity index (χ3v) is 4.81. The Labute approximate surface area is 172 Å². The van der Waals surface area contributed by atoms with E-state index in [0.717, 1.165) is 0 Å². The van der Waals surface area contributed by atoms with Crippen molar-refractivity contribution in [3.63, 3.8) is 0 Å². The van der Waals surface area contributed by atoms with E-state index in [4.69, 9.17) is 0 Å². The molecular formula is C21H20N4O3S. The van der Waals surface area contributed by atoms with Gasteiger partial charge in [0.15, 0.2) is 5.13 Å². The molecule has 0 bridgehead atoms. The Bertz CT molecular complexity index is 989. The normalized spacial score (nSPS) is 10.2. The van der Waals surface area contributed by atoms with E-state index in [0.29, 0.717) is 22.1 Å². The number of hydrogen-bond donors (Lipinski definition) is 2. The highest BCUT2D eigenvalue weighted by Crippen LogP contribution is 2.17. The molecule has 8 heteroatoms. The Morgan fingerprint density at radius 1 is 0.966 bits per heavy atom. The summed E-state index contributed by atoms with van der Waals surface area (Å²) in [5, 5.41) is 7.60. The number of para-hydroxylation sites is 1. The number of carbonyl (C=O) groups is 3. The maximum absolute atomic E-state index is 12.4. The predicted octanol–water partition coefficient (Wildman–Crippen LogP) is 3.04. The average Bonchev–Trinajstić information content (AvgIpc) is 3.15. The minimum Gasteiger partial charge on any atom is -0.336 e. The minimum absolute atomic E-state index is 0.0484. The second-order valence-electron chi connectivity index (χ2n) is 6.30. The monoisotopic (exact) mass is 408 g/mol. The molecule has 29 heavy (non-hydrogen) atoms. The van der Waals surface area contributed by atoms with Crippen molar-refractivity contribution in [3.05, 3.63) is 77.3 Å². The van der Waals surface area contributed by atoms with E-state index < -0.39 is 0 Å². The molecule has 3 aromatic rings. The molecule has 1 aromatic heterocycles. The highest BCUT2D eigenvalue weighted by molar-refractivity contribution is 7.14. The van der Waals surface area contributed by atoms with Gasteiger partial charge in [-0.3, -0.25) is 19.7 Å². The van der Waals surface area contributed by atoms with Crippen LogP contribution in [0.3, 0.4) is 0 Å². The first-order valence-corrected chi connectivity index (χ1v) is 9.79. The summed E-state index contributed by atoms with van der Waals surface area (Å²) in [5.41, 5.74) is 1.75. The van der Waals surface area contributed by atoms with E-state index in [1.54, 1.807) is 48.8 Å². The molecule has 0 saturated heterocycles. The molecule has 0 fully saturated rings. The molecule has 0 spiro atoms. The molecule has 148 valence electrons. The van der Waals surface area contributed by atoms with Crippen LogP contribution in [0.2, 0.25) is 0 Å². The molecule has 0 radical (unpaired) electrons. The summed E-state index contributed by atoms with van der Waals surface area (Å²) in [6.07, 6.45) is 0.0484. The number of nitrogens with zero attached hydrogens (tertiary/aromatic N) is 2. The van der Waals surface area contributed by atoms with Gasteiger partial charge in [-0.2, -0.15) is 0 Å². The molecule has 1 heterocycles. The fraction of sp³-hybridized carbons (Fsp3) is 0.143. The minimum atomic E-state index is -0.277. The van der Waals surface area contributed by atoms with Gasteiger partial charge < -0.3 is 10.2 Å². The van der Waals surface area contributed by atoms with Crippen molar-refractivity contribution in [1.29, 1.82) is 0 Å². The first kappa shape index (κ1) is 20.2. The number of amides is 3. The van der Waals surface area contributed by atoms with Crippen LogP contribution in [0, 0.1) is 0 Å². The SMILES string of the molecule is CN(CC(=O)Nc1ccccc1)C(=O)Cc1csc(NC(=O)c2ccccc2)n1. The van der Waals surface area contributed by atoms with Gasteiger partial charge in [0.25, 0.3) is 5.91 Å². The zero-order chi connectivity index (χ0) is 20.6. The van der Waals surface area contributed by atoms with Gasteiger partial charge in [-0.15, -0.1) is 11.3 Å². The molecule has 0 aliphatic carbocycles. The standard InChI is InChI=1S/C21H20N4O3S/c1-25(13-18(26)22-16-10-6-3-7-11-16)19(27)12-17-14-29-21(23-17)24-20(28)15-8-4-2-5-9-15/h2-11,14H,12-13H2,1H3,(H,22,26)(H,23,24,28). The zero-order valence-electron chi connectivity index (χ0n) is 15.8. The second kappa shape index (κ2) is 9.61. The van der Waals surface area contributed by atoms with E-state index >= 15 is 0 Å². The number of likely N-dealkylation sites (N-methyl/N-ethyl adjacent to an activating group) is 1. The van der Waals surface area contributed by atoms with Crippen LogP contribution in [-0.2, 0) is 16.0 Å². The maximum atomic E-state index is 12.4. The smallest absolute Gasteiger partial charge is 0.257 e. The molecular weight excluding hydrogens is 388 g/mol. The summed E-state index contributed by atoms with van der Waals surface area (Å²) >= 11 is 1.25. The lowest BCUT2D eigenvalue weighted by Crippen LogP contribution is -2.35. The van der Waals surface area contributed by atoms with Crippen LogP contribution < -0.4 is 10.6 Å². The third-order valence-electron chi connectivity index (χ3n) is 4.00. The fourth-order valence-electron chi connectivity index (χ4n) is 2.52. The lowest BCUT2D eigenvalue weighted by Gasteiger charge is -2.16. The molecule has 3 rings (SSSR count). The molecule has 2 N–H and O–H groups in total. The van der Waals surface area contributed by atoms with Gasteiger partial charge in [-0.05, 0) is 24.3 Å². The van der Waals surface area contributed by atoms with Crippen molar-refractivity contribution >= 4 is 39.9 Å². The molecule has 7 nitrogen and oxygen atoms in total. The van der Waals surface area contributed by atoms with Crippen LogP contribution in [-0.4, -0.2) is 41.2 Å². The van der Waals surface area contributed by atoms with Crippen molar-refractivity contribution in [2.75, 3.05) is 24.2 Å². The molecule has 0 aliphatic rings. The van der Waals surface area contributed by atoms with Crippen LogP contribution in [0.15, 0.2) is 66.0 Å². The summed E-state index contributed by atoms with van der Waals surface area (Å²) < 4.78 is 0. The number of aromatic nitrogens is 1. The summed E-state index contributed by atoms with van der Waals surface area (Å²) in [4.78, 5) is 42.2. The van der Waals surface area contributed by atoms with Crippen molar-refractivity contribution in [2.24, 2.45) is 0 Å². The molecule has 2 aromatic carbocycles. The number of hydrogen-bond acceptors (Lipinski definition) is 5. The number of benzene rings is 2. The molecule has 0 aliphatic heterocycles. The topological polar surface area (TPSA) is 91.4 Å². The quantitative estimate of drug-likeness (QED) is 0.629.